The van der Waals surface area contributed by atoms with Gasteiger partial charge in [0.15, 0.2) is 0 Å². The van der Waals surface area contributed by atoms with Crippen LogP contribution in [0.1, 0.15) is 30.8 Å². The maximum atomic E-state index is 13.5. The van der Waals surface area contributed by atoms with Gasteiger partial charge < -0.3 is 10.6 Å². The second-order valence-electron chi connectivity index (χ2n) is 4.96. The Morgan fingerprint density at radius 1 is 1.27 bits per heavy atom. The van der Waals surface area contributed by atoms with Crippen molar-refractivity contribution in [3.63, 3.8) is 0 Å². The van der Waals surface area contributed by atoms with Gasteiger partial charge in [-0.2, -0.15) is 0 Å². The monoisotopic (exact) mass is 305 g/mol. The number of carbonyl (C=O) groups is 1. The molecule has 1 atom stereocenters. The van der Waals surface area contributed by atoms with Crippen molar-refractivity contribution in [1.29, 1.82) is 0 Å². The Morgan fingerprint density at radius 3 is 2.64 bits per heavy atom. The number of benzene rings is 1. The fourth-order valence-electron chi connectivity index (χ4n) is 1.75. The van der Waals surface area contributed by atoms with E-state index in [1.165, 1.54) is 12.3 Å². The first-order valence-corrected chi connectivity index (χ1v) is 6.98. The molecule has 6 heteroatoms. The maximum absolute atomic E-state index is 13.5. The lowest BCUT2D eigenvalue weighted by Gasteiger charge is -2.11. The van der Waals surface area contributed by atoms with Crippen LogP contribution in [-0.2, 0) is 0 Å². The molecule has 0 radical (unpaired) electrons. The molecular weight excluding hydrogens is 288 g/mol. The number of nitrogens with zero attached hydrogens (tertiary/aromatic N) is 1. The fourth-order valence-corrected chi connectivity index (χ4v) is 1.75. The van der Waals surface area contributed by atoms with Crippen LogP contribution in [0, 0.1) is 11.6 Å². The summed E-state index contributed by atoms with van der Waals surface area (Å²) in [6.07, 6.45) is 2.25. The fraction of sp³-hybridized carbons (Fsp3) is 0.250. The van der Waals surface area contributed by atoms with Crippen LogP contribution >= 0.6 is 0 Å². The molecule has 0 spiro atoms. The van der Waals surface area contributed by atoms with Crippen molar-refractivity contribution in [3.05, 3.63) is 53.9 Å². The zero-order valence-corrected chi connectivity index (χ0v) is 12.4. The first-order chi connectivity index (χ1) is 10.5. The number of hydrogen-bond donors (Lipinski definition) is 2. The van der Waals surface area contributed by atoms with Gasteiger partial charge in [0.05, 0.1) is 17.6 Å². The average Bonchev–Trinajstić information content (AvgIpc) is 2.50. The van der Waals surface area contributed by atoms with E-state index in [0.717, 1.165) is 18.6 Å². The zero-order valence-electron chi connectivity index (χ0n) is 12.4. The van der Waals surface area contributed by atoms with Crippen LogP contribution in [0.25, 0.3) is 0 Å². The number of carbonyl (C=O) groups excluding carboxylic acids is 1. The van der Waals surface area contributed by atoms with E-state index in [9.17, 15) is 13.6 Å². The summed E-state index contributed by atoms with van der Waals surface area (Å²) in [5.41, 5.74) is 0.927. The summed E-state index contributed by atoms with van der Waals surface area (Å²) in [5.74, 6) is -1.59. The molecule has 0 aliphatic carbocycles. The molecule has 0 aliphatic rings. The molecule has 116 valence electrons. The number of halogens is 2. The van der Waals surface area contributed by atoms with E-state index in [1.54, 1.807) is 12.1 Å². The minimum Gasteiger partial charge on any atom is -0.352 e. The summed E-state index contributed by atoms with van der Waals surface area (Å²) < 4.78 is 26.4. The molecule has 1 aromatic heterocycles. The molecule has 4 nitrogen and oxygen atoms in total. The molecular formula is C16H17F2N3O. The molecule has 0 saturated heterocycles. The third-order valence-corrected chi connectivity index (χ3v) is 3.20. The first kappa shape index (κ1) is 15.9. The molecule has 1 heterocycles. The second kappa shape index (κ2) is 6.98. The van der Waals surface area contributed by atoms with Gasteiger partial charge in [0.1, 0.15) is 17.3 Å². The van der Waals surface area contributed by atoms with Gasteiger partial charge in [-0.1, -0.05) is 6.92 Å². The molecule has 2 rings (SSSR count). The Morgan fingerprint density at radius 2 is 2.05 bits per heavy atom. The molecule has 0 saturated carbocycles. The molecule has 0 aliphatic heterocycles. The summed E-state index contributed by atoms with van der Waals surface area (Å²) >= 11 is 0. The number of hydrogen-bond acceptors (Lipinski definition) is 3. The number of nitrogens with one attached hydrogen (secondary N) is 2. The quantitative estimate of drug-likeness (QED) is 0.887. The number of anilines is 2. The van der Waals surface area contributed by atoms with Gasteiger partial charge in [0.25, 0.3) is 5.91 Å². The predicted octanol–water partition coefficient (Wildman–Crippen LogP) is 3.63. The van der Waals surface area contributed by atoms with E-state index in [0.29, 0.717) is 5.69 Å². The standard InChI is InChI=1S/C16H17F2N3O/c1-3-10(2)20-16(22)15-7-5-12(9-19-15)21-14-6-4-11(17)8-13(14)18/h4-10,21H,3H2,1-2H3,(H,20,22). The number of amides is 1. The highest BCUT2D eigenvalue weighted by Crippen LogP contribution is 2.20. The van der Waals surface area contributed by atoms with Crippen LogP contribution in [0.5, 0.6) is 0 Å². The molecule has 1 aromatic carbocycles. The van der Waals surface area contributed by atoms with Gasteiger partial charge in [-0.15, -0.1) is 0 Å². The van der Waals surface area contributed by atoms with Crippen LogP contribution in [-0.4, -0.2) is 16.9 Å². The Kier molecular flexibility index (Phi) is 5.04. The van der Waals surface area contributed by atoms with E-state index >= 15 is 0 Å². The molecule has 0 bridgehead atoms. The van der Waals surface area contributed by atoms with E-state index < -0.39 is 11.6 Å². The maximum Gasteiger partial charge on any atom is 0.270 e. The van der Waals surface area contributed by atoms with Gasteiger partial charge in [-0.05, 0) is 37.6 Å². The van der Waals surface area contributed by atoms with Crippen LogP contribution < -0.4 is 10.6 Å². The van der Waals surface area contributed by atoms with Crippen molar-refractivity contribution in [2.45, 2.75) is 26.3 Å². The highest BCUT2D eigenvalue weighted by molar-refractivity contribution is 5.92. The normalized spacial score (nSPS) is 11.8. The van der Waals surface area contributed by atoms with Crippen LogP contribution in [0.15, 0.2) is 36.5 Å². The highest BCUT2D eigenvalue weighted by atomic mass is 19.1. The first-order valence-electron chi connectivity index (χ1n) is 6.98. The molecule has 0 fully saturated rings. The zero-order chi connectivity index (χ0) is 16.1. The summed E-state index contributed by atoms with van der Waals surface area (Å²) in [4.78, 5) is 15.9. The van der Waals surface area contributed by atoms with E-state index in [2.05, 4.69) is 15.6 Å². The van der Waals surface area contributed by atoms with Gasteiger partial charge in [0.2, 0.25) is 0 Å². The summed E-state index contributed by atoms with van der Waals surface area (Å²) in [7, 11) is 0. The number of aromatic nitrogens is 1. The van der Waals surface area contributed by atoms with E-state index in [1.807, 2.05) is 13.8 Å². The molecule has 1 amide bonds. The minimum atomic E-state index is -0.696. The van der Waals surface area contributed by atoms with Gasteiger partial charge >= 0.3 is 0 Å². The van der Waals surface area contributed by atoms with Crippen molar-refractivity contribution in [1.82, 2.24) is 10.3 Å². The third kappa shape index (κ3) is 4.00. The lowest BCUT2D eigenvalue weighted by Crippen LogP contribution is -2.32. The third-order valence-electron chi connectivity index (χ3n) is 3.20. The van der Waals surface area contributed by atoms with Gasteiger partial charge in [0, 0.05) is 12.1 Å². The lowest BCUT2D eigenvalue weighted by molar-refractivity contribution is 0.0934. The van der Waals surface area contributed by atoms with Crippen molar-refractivity contribution in [3.8, 4) is 0 Å². The van der Waals surface area contributed by atoms with Crippen LogP contribution in [0.3, 0.4) is 0 Å². The topological polar surface area (TPSA) is 54.0 Å². The summed E-state index contributed by atoms with van der Waals surface area (Å²) in [6.45, 7) is 3.88. The van der Waals surface area contributed by atoms with Crippen molar-refractivity contribution >= 4 is 17.3 Å². The number of pyridine rings is 1. The lowest BCUT2D eigenvalue weighted by atomic mass is 10.2. The van der Waals surface area contributed by atoms with Gasteiger partial charge in [-0.25, -0.2) is 13.8 Å². The van der Waals surface area contributed by atoms with Gasteiger partial charge in [-0.3, -0.25) is 4.79 Å². The highest BCUT2D eigenvalue weighted by Gasteiger charge is 2.10. The molecule has 1 unspecified atom stereocenters. The molecule has 2 N–H and O–H groups in total. The van der Waals surface area contributed by atoms with Crippen molar-refractivity contribution in [2.24, 2.45) is 0 Å². The van der Waals surface area contributed by atoms with Crippen molar-refractivity contribution < 1.29 is 13.6 Å². The molecule has 22 heavy (non-hydrogen) atoms. The Hall–Kier alpha value is -2.50. The number of rotatable bonds is 5. The van der Waals surface area contributed by atoms with Crippen molar-refractivity contribution in [2.75, 3.05) is 5.32 Å². The Labute approximate surface area is 127 Å². The average molecular weight is 305 g/mol. The minimum absolute atomic E-state index is 0.0698. The Balaban J connectivity index is 2.07. The summed E-state index contributed by atoms with van der Waals surface area (Å²) in [6, 6.07) is 6.48. The second-order valence-corrected chi connectivity index (χ2v) is 4.96. The van der Waals surface area contributed by atoms with Crippen LogP contribution in [0.2, 0.25) is 0 Å². The summed E-state index contributed by atoms with van der Waals surface area (Å²) in [5, 5.41) is 5.59. The van der Waals surface area contributed by atoms with Crippen LogP contribution in [0.4, 0.5) is 20.2 Å². The van der Waals surface area contributed by atoms with E-state index in [4.69, 9.17) is 0 Å². The van der Waals surface area contributed by atoms with E-state index in [-0.39, 0.29) is 23.3 Å². The predicted molar refractivity (Wildman–Crippen MR) is 81.1 cm³/mol. The SMILES string of the molecule is CCC(C)NC(=O)c1ccc(Nc2ccc(F)cc2F)cn1. The molecule has 2 aromatic rings. The largest absolute Gasteiger partial charge is 0.352 e. The Bertz CT molecular complexity index is 659. The smallest absolute Gasteiger partial charge is 0.270 e.